The molecule has 0 saturated carbocycles. The molecule has 0 radical (unpaired) electrons. The molecule has 1 aliphatic heterocycles. The lowest BCUT2D eigenvalue weighted by Gasteiger charge is -2.18. The van der Waals surface area contributed by atoms with E-state index in [-0.39, 0.29) is 27.4 Å². The monoisotopic (exact) mass is 332 g/mol. The second-order valence-electron chi connectivity index (χ2n) is 5.09. The van der Waals surface area contributed by atoms with Crippen LogP contribution in [0.2, 0.25) is 10.0 Å². The van der Waals surface area contributed by atoms with Crippen molar-refractivity contribution < 1.29 is 14.8 Å². The van der Waals surface area contributed by atoms with Crippen molar-refractivity contribution >= 4 is 34.8 Å². The summed E-state index contributed by atoms with van der Waals surface area (Å²) in [6.07, 6.45) is 0.207. The molecule has 0 aromatic heterocycles. The minimum atomic E-state index is -0.673. The zero-order valence-corrected chi connectivity index (χ0v) is 12.8. The van der Waals surface area contributed by atoms with Gasteiger partial charge in [0.15, 0.2) is 0 Å². The summed E-state index contributed by atoms with van der Waals surface area (Å²) in [7, 11) is 0. The third-order valence-electron chi connectivity index (χ3n) is 3.65. The standard InChI is InChI=1S/C13H14Cl2N2O4/c1-7(18)8-2-3-16(6-8)13(19)9-4-10(14)12(15)11(5-9)17(20)21/h4-5,7-8,18H,2-3,6H2,1H3. The normalized spacial score (nSPS) is 19.6. The maximum absolute atomic E-state index is 12.4. The van der Waals surface area contributed by atoms with Crippen LogP contribution < -0.4 is 0 Å². The Bertz CT molecular complexity index is 592. The van der Waals surface area contributed by atoms with Gasteiger partial charge in [-0.05, 0) is 19.4 Å². The minimum Gasteiger partial charge on any atom is -0.393 e. The van der Waals surface area contributed by atoms with Gasteiger partial charge in [0.05, 0.1) is 16.0 Å². The summed E-state index contributed by atoms with van der Waals surface area (Å²) in [6.45, 7) is 2.61. The summed E-state index contributed by atoms with van der Waals surface area (Å²) in [5.74, 6) is -0.327. The Balaban J connectivity index is 2.26. The van der Waals surface area contributed by atoms with Gasteiger partial charge in [0, 0.05) is 30.6 Å². The second-order valence-corrected chi connectivity index (χ2v) is 5.87. The number of halogens is 2. The van der Waals surface area contributed by atoms with Crippen LogP contribution in [0.5, 0.6) is 0 Å². The van der Waals surface area contributed by atoms with Crippen LogP contribution >= 0.6 is 23.2 Å². The number of carbonyl (C=O) groups is 1. The molecule has 2 unspecified atom stereocenters. The van der Waals surface area contributed by atoms with Gasteiger partial charge >= 0.3 is 0 Å². The number of carbonyl (C=O) groups excluding carboxylic acids is 1. The molecule has 8 heteroatoms. The number of aliphatic hydroxyl groups is 1. The number of aliphatic hydroxyl groups excluding tert-OH is 1. The molecule has 1 aromatic rings. The molecular formula is C13H14Cl2N2O4. The summed E-state index contributed by atoms with van der Waals surface area (Å²) in [5, 5.41) is 20.3. The molecule has 1 heterocycles. The number of amides is 1. The number of nitrogens with zero attached hydrogens (tertiary/aromatic N) is 2. The van der Waals surface area contributed by atoms with Crippen LogP contribution in [0.25, 0.3) is 0 Å². The Morgan fingerprint density at radius 3 is 2.71 bits per heavy atom. The molecule has 1 saturated heterocycles. The van der Waals surface area contributed by atoms with Crippen molar-refractivity contribution in [3.63, 3.8) is 0 Å². The fourth-order valence-electron chi connectivity index (χ4n) is 2.38. The lowest BCUT2D eigenvalue weighted by molar-refractivity contribution is -0.384. The minimum absolute atomic E-state index is 0.0201. The van der Waals surface area contributed by atoms with E-state index < -0.39 is 16.7 Å². The molecule has 2 rings (SSSR count). The predicted molar refractivity (Wildman–Crippen MR) is 78.8 cm³/mol. The third kappa shape index (κ3) is 3.28. The first-order chi connectivity index (χ1) is 9.81. The summed E-state index contributed by atoms with van der Waals surface area (Å²) < 4.78 is 0. The topological polar surface area (TPSA) is 83.7 Å². The van der Waals surface area contributed by atoms with E-state index in [0.717, 1.165) is 6.07 Å². The summed E-state index contributed by atoms with van der Waals surface area (Å²) in [5.41, 5.74) is -0.263. The number of hydrogen-bond donors (Lipinski definition) is 1. The van der Waals surface area contributed by atoms with Gasteiger partial charge in [-0.25, -0.2) is 0 Å². The van der Waals surface area contributed by atoms with Crippen molar-refractivity contribution in [2.24, 2.45) is 5.92 Å². The van der Waals surface area contributed by atoms with Gasteiger partial charge in [0.25, 0.3) is 11.6 Å². The molecule has 0 spiro atoms. The van der Waals surface area contributed by atoms with Gasteiger partial charge in [0.2, 0.25) is 0 Å². The zero-order valence-electron chi connectivity index (χ0n) is 11.3. The largest absolute Gasteiger partial charge is 0.393 e. The predicted octanol–water partition coefficient (Wildman–Crippen LogP) is 2.74. The molecule has 1 aromatic carbocycles. The Morgan fingerprint density at radius 2 is 2.19 bits per heavy atom. The van der Waals surface area contributed by atoms with Crippen molar-refractivity contribution in [1.29, 1.82) is 0 Å². The van der Waals surface area contributed by atoms with E-state index in [1.165, 1.54) is 6.07 Å². The lowest BCUT2D eigenvalue weighted by atomic mass is 10.0. The summed E-state index contributed by atoms with van der Waals surface area (Å²) in [6, 6.07) is 2.46. The maximum atomic E-state index is 12.4. The number of nitro benzene ring substituents is 1. The van der Waals surface area contributed by atoms with Crippen LogP contribution in [0.15, 0.2) is 12.1 Å². The molecule has 6 nitrogen and oxygen atoms in total. The van der Waals surface area contributed by atoms with E-state index in [4.69, 9.17) is 23.2 Å². The first-order valence-corrected chi connectivity index (χ1v) is 7.17. The quantitative estimate of drug-likeness (QED) is 0.681. The van der Waals surface area contributed by atoms with E-state index in [1.54, 1.807) is 11.8 Å². The van der Waals surface area contributed by atoms with Crippen molar-refractivity contribution in [3.8, 4) is 0 Å². The van der Waals surface area contributed by atoms with Crippen LogP contribution in [0.1, 0.15) is 23.7 Å². The van der Waals surface area contributed by atoms with Crippen molar-refractivity contribution in [3.05, 3.63) is 37.9 Å². The first-order valence-electron chi connectivity index (χ1n) is 6.42. The number of nitro groups is 1. The summed E-state index contributed by atoms with van der Waals surface area (Å²) in [4.78, 5) is 24.2. The highest BCUT2D eigenvalue weighted by Crippen LogP contribution is 2.34. The van der Waals surface area contributed by atoms with Crippen LogP contribution in [-0.2, 0) is 0 Å². The summed E-state index contributed by atoms with van der Waals surface area (Å²) >= 11 is 11.6. The Morgan fingerprint density at radius 1 is 1.52 bits per heavy atom. The maximum Gasteiger partial charge on any atom is 0.290 e. The second kappa shape index (κ2) is 6.17. The SMILES string of the molecule is CC(O)C1CCN(C(=O)c2cc(Cl)c(Cl)c([N+](=O)[O-])c2)C1. The van der Waals surface area contributed by atoms with Crippen LogP contribution in [0.4, 0.5) is 5.69 Å². The highest BCUT2D eigenvalue weighted by molar-refractivity contribution is 6.43. The average Bonchev–Trinajstić information content (AvgIpc) is 2.90. The fourth-order valence-corrected chi connectivity index (χ4v) is 2.77. The van der Waals surface area contributed by atoms with Gasteiger partial charge in [0.1, 0.15) is 5.02 Å². The van der Waals surface area contributed by atoms with E-state index >= 15 is 0 Å². The van der Waals surface area contributed by atoms with Gasteiger partial charge in [-0.1, -0.05) is 23.2 Å². The molecule has 0 bridgehead atoms. The molecule has 21 heavy (non-hydrogen) atoms. The van der Waals surface area contributed by atoms with Gasteiger partial charge in [-0.2, -0.15) is 0 Å². The third-order valence-corrected chi connectivity index (χ3v) is 4.44. The highest BCUT2D eigenvalue weighted by atomic mass is 35.5. The van der Waals surface area contributed by atoms with Gasteiger partial charge in [-0.3, -0.25) is 14.9 Å². The van der Waals surface area contributed by atoms with Gasteiger partial charge < -0.3 is 10.0 Å². The Labute approximate surface area is 131 Å². The van der Waals surface area contributed by atoms with Crippen molar-refractivity contribution in [2.75, 3.05) is 13.1 Å². The Hall–Kier alpha value is -1.37. The molecule has 2 atom stereocenters. The molecule has 0 aliphatic carbocycles. The van der Waals surface area contributed by atoms with Crippen LogP contribution in [0.3, 0.4) is 0 Å². The molecule has 1 N–H and O–H groups in total. The van der Waals surface area contributed by atoms with E-state index in [1.807, 2.05) is 0 Å². The zero-order chi connectivity index (χ0) is 15.7. The van der Waals surface area contributed by atoms with Crippen molar-refractivity contribution in [1.82, 2.24) is 4.90 Å². The van der Waals surface area contributed by atoms with E-state index in [2.05, 4.69) is 0 Å². The number of benzene rings is 1. The molecule has 1 amide bonds. The van der Waals surface area contributed by atoms with E-state index in [9.17, 15) is 20.0 Å². The average molecular weight is 333 g/mol. The van der Waals surface area contributed by atoms with Crippen LogP contribution in [0, 0.1) is 16.0 Å². The lowest BCUT2D eigenvalue weighted by Crippen LogP contribution is -2.30. The number of hydrogen-bond acceptors (Lipinski definition) is 4. The number of likely N-dealkylation sites (tertiary alicyclic amines) is 1. The highest BCUT2D eigenvalue weighted by Gasteiger charge is 2.31. The fraction of sp³-hybridized carbons (Fsp3) is 0.462. The smallest absolute Gasteiger partial charge is 0.290 e. The molecular weight excluding hydrogens is 319 g/mol. The van der Waals surface area contributed by atoms with Crippen LogP contribution in [-0.4, -0.2) is 40.0 Å². The molecule has 1 aliphatic rings. The van der Waals surface area contributed by atoms with Crippen molar-refractivity contribution in [2.45, 2.75) is 19.4 Å². The van der Waals surface area contributed by atoms with Gasteiger partial charge in [-0.15, -0.1) is 0 Å². The molecule has 1 fully saturated rings. The number of rotatable bonds is 3. The first kappa shape index (κ1) is 16.0. The van der Waals surface area contributed by atoms with E-state index in [0.29, 0.717) is 19.5 Å². The molecule has 114 valence electrons. The Kier molecular flexibility index (Phi) is 4.70.